The predicted molar refractivity (Wildman–Crippen MR) is 40.3 cm³/mol. The van der Waals surface area contributed by atoms with Crippen LogP contribution in [-0.4, -0.2) is 13.1 Å². The van der Waals surface area contributed by atoms with Gasteiger partial charge < -0.3 is 5.32 Å². The molecule has 0 unspecified atom stereocenters. The van der Waals surface area contributed by atoms with E-state index < -0.39 is 0 Å². The second kappa shape index (κ2) is 3.46. The molecule has 1 rings (SSSR count). The van der Waals surface area contributed by atoms with Crippen LogP contribution in [0.3, 0.4) is 0 Å². The molecular formula is C8H13N. The van der Waals surface area contributed by atoms with E-state index in [0.29, 0.717) is 5.92 Å². The third kappa shape index (κ3) is 2.02. The molecule has 0 aromatic rings. The van der Waals surface area contributed by atoms with E-state index in [4.69, 9.17) is 0 Å². The van der Waals surface area contributed by atoms with Crippen LogP contribution in [0.25, 0.3) is 0 Å². The van der Waals surface area contributed by atoms with Crippen LogP contribution in [0.1, 0.15) is 6.92 Å². The molecule has 0 saturated carbocycles. The van der Waals surface area contributed by atoms with Gasteiger partial charge in [-0.1, -0.05) is 31.2 Å². The molecule has 1 heteroatoms. The summed E-state index contributed by atoms with van der Waals surface area (Å²) in [6.07, 6.45) is 8.62. The SMILES string of the molecule is CCNCC1C=CC=C1. The number of rotatable bonds is 3. The minimum absolute atomic E-state index is 0.643. The quantitative estimate of drug-likeness (QED) is 0.597. The maximum Gasteiger partial charge on any atom is 0.00779 e. The summed E-state index contributed by atoms with van der Waals surface area (Å²) < 4.78 is 0. The van der Waals surface area contributed by atoms with E-state index in [9.17, 15) is 0 Å². The Balaban J connectivity index is 2.13. The Morgan fingerprint density at radius 3 is 2.56 bits per heavy atom. The van der Waals surface area contributed by atoms with Gasteiger partial charge in [-0.05, 0) is 6.54 Å². The summed E-state index contributed by atoms with van der Waals surface area (Å²) in [5.41, 5.74) is 0. The van der Waals surface area contributed by atoms with Crippen molar-refractivity contribution in [3.8, 4) is 0 Å². The minimum Gasteiger partial charge on any atom is -0.316 e. The molecule has 0 aliphatic heterocycles. The lowest BCUT2D eigenvalue weighted by atomic mass is 10.2. The van der Waals surface area contributed by atoms with Crippen molar-refractivity contribution in [1.82, 2.24) is 5.32 Å². The van der Waals surface area contributed by atoms with Gasteiger partial charge in [0.2, 0.25) is 0 Å². The maximum absolute atomic E-state index is 3.29. The summed E-state index contributed by atoms with van der Waals surface area (Å²) in [7, 11) is 0. The Morgan fingerprint density at radius 1 is 1.33 bits per heavy atom. The van der Waals surface area contributed by atoms with Gasteiger partial charge in [0.25, 0.3) is 0 Å². The molecule has 0 saturated heterocycles. The van der Waals surface area contributed by atoms with E-state index in [-0.39, 0.29) is 0 Å². The minimum atomic E-state index is 0.643. The van der Waals surface area contributed by atoms with Gasteiger partial charge >= 0.3 is 0 Å². The molecule has 0 bridgehead atoms. The number of allylic oxidation sites excluding steroid dienone is 2. The van der Waals surface area contributed by atoms with Crippen LogP contribution in [-0.2, 0) is 0 Å². The number of hydrogen-bond donors (Lipinski definition) is 1. The Morgan fingerprint density at radius 2 is 2.00 bits per heavy atom. The van der Waals surface area contributed by atoms with E-state index in [0.717, 1.165) is 13.1 Å². The van der Waals surface area contributed by atoms with Crippen molar-refractivity contribution in [3.05, 3.63) is 24.3 Å². The molecule has 0 radical (unpaired) electrons. The van der Waals surface area contributed by atoms with Crippen molar-refractivity contribution in [1.29, 1.82) is 0 Å². The van der Waals surface area contributed by atoms with Crippen LogP contribution in [0.2, 0.25) is 0 Å². The van der Waals surface area contributed by atoms with Gasteiger partial charge in [0.15, 0.2) is 0 Å². The van der Waals surface area contributed by atoms with Crippen molar-refractivity contribution in [2.75, 3.05) is 13.1 Å². The van der Waals surface area contributed by atoms with Crippen molar-refractivity contribution in [3.63, 3.8) is 0 Å². The van der Waals surface area contributed by atoms with E-state index in [1.165, 1.54) is 0 Å². The summed E-state index contributed by atoms with van der Waals surface area (Å²) in [5, 5.41) is 3.29. The molecule has 9 heavy (non-hydrogen) atoms. The number of nitrogens with one attached hydrogen (secondary N) is 1. The fraction of sp³-hybridized carbons (Fsp3) is 0.500. The zero-order valence-electron chi connectivity index (χ0n) is 5.80. The van der Waals surface area contributed by atoms with Crippen molar-refractivity contribution < 1.29 is 0 Å². The van der Waals surface area contributed by atoms with Crippen molar-refractivity contribution >= 4 is 0 Å². The Bertz CT molecular complexity index is 113. The average Bonchev–Trinajstić information content (AvgIpc) is 2.34. The highest BCUT2D eigenvalue weighted by Gasteiger charge is 1.99. The van der Waals surface area contributed by atoms with Gasteiger partial charge in [0, 0.05) is 12.5 Å². The first kappa shape index (κ1) is 6.56. The molecule has 0 spiro atoms. The molecule has 0 atom stereocenters. The molecule has 1 aliphatic carbocycles. The lowest BCUT2D eigenvalue weighted by Gasteiger charge is -2.03. The molecule has 1 N–H and O–H groups in total. The summed E-state index contributed by atoms with van der Waals surface area (Å²) in [4.78, 5) is 0. The second-order valence-corrected chi connectivity index (χ2v) is 2.24. The van der Waals surface area contributed by atoms with Gasteiger partial charge in [-0.2, -0.15) is 0 Å². The van der Waals surface area contributed by atoms with Crippen LogP contribution < -0.4 is 5.32 Å². The van der Waals surface area contributed by atoms with Gasteiger partial charge in [-0.3, -0.25) is 0 Å². The molecule has 50 valence electrons. The highest BCUT2D eigenvalue weighted by atomic mass is 14.8. The maximum atomic E-state index is 3.29. The first-order valence-electron chi connectivity index (χ1n) is 3.49. The molecular weight excluding hydrogens is 110 g/mol. The molecule has 1 aliphatic rings. The van der Waals surface area contributed by atoms with Crippen LogP contribution in [0.15, 0.2) is 24.3 Å². The van der Waals surface area contributed by atoms with E-state index in [1.807, 2.05) is 0 Å². The standard InChI is InChI=1S/C8H13N/c1-2-9-7-8-5-3-4-6-8/h3-6,8-9H,2,7H2,1H3. The van der Waals surface area contributed by atoms with Gasteiger partial charge in [0.1, 0.15) is 0 Å². The zero-order chi connectivity index (χ0) is 6.53. The Labute approximate surface area is 56.5 Å². The second-order valence-electron chi connectivity index (χ2n) is 2.24. The molecule has 0 heterocycles. The van der Waals surface area contributed by atoms with Gasteiger partial charge in [-0.15, -0.1) is 0 Å². The molecule has 0 amide bonds. The smallest absolute Gasteiger partial charge is 0.00779 e. The fourth-order valence-electron chi connectivity index (χ4n) is 0.925. The van der Waals surface area contributed by atoms with Crippen LogP contribution in [0, 0.1) is 5.92 Å². The largest absolute Gasteiger partial charge is 0.316 e. The molecule has 0 fully saturated rings. The van der Waals surface area contributed by atoms with E-state index in [2.05, 4.69) is 36.5 Å². The first-order chi connectivity index (χ1) is 4.43. The first-order valence-corrected chi connectivity index (χ1v) is 3.49. The lowest BCUT2D eigenvalue weighted by molar-refractivity contribution is 0.656. The van der Waals surface area contributed by atoms with Gasteiger partial charge in [0.05, 0.1) is 0 Å². The zero-order valence-corrected chi connectivity index (χ0v) is 5.80. The predicted octanol–water partition coefficient (Wildman–Crippen LogP) is 1.34. The highest BCUT2D eigenvalue weighted by molar-refractivity contribution is 5.17. The summed E-state index contributed by atoms with van der Waals surface area (Å²) >= 11 is 0. The van der Waals surface area contributed by atoms with Crippen molar-refractivity contribution in [2.45, 2.75) is 6.92 Å². The Hall–Kier alpha value is -0.560. The molecule has 1 nitrogen and oxygen atoms in total. The van der Waals surface area contributed by atoms with E-state index in [1.54, 1.807) is 0 Å². The van der Waals surface area contributed by atoms with Gasteiger partial charge in [-0.25, -0.2) is 0 Å². The molecule has 0 aromatic carbocycles. The number of hydrogen-bond acceptors (Lipinski definition) is 1. The third-order valence-corrected chi connectivity index (χ3v) is 1.46. The normalized spacial score (nSPS) is 17.4. The topological polar surface area (TPSA) is 12.0 Å². The van der Waals surface area contributed by atoms with Crippen molar-refractivity contribution in [2.24, 2.45) is 5.92 Å². The fourth-order valence-corrected chi connectivity index (χ4v) is 0.925. The third-order valence-electron chi connectivity index (χ3n) is 1.46. The molecule has 0 aromatic heterocycles. The van der Waals surface area contributed by atoms with Crippen LogP contribution in [0.5, 0.6) is 0 Å². The lowest BCUT2D eigenvalue weighted by Crippen LogP contribution is -2.19. The van der Waals surface area contributed by atoms with E-state index >= 15 is 0 Å². The average molecular weight is 123 g/mol. The highest BCUT2D eigenvalue weighted by Crippen LogP contribution is 2.05. The monoisotopic (exact) mass is 123 g/mol. The summed E-state index contributed by atoms with van der Waals surface area (Å²) in [6, 6.07) is 0. The Kier molecular flexibility index (Phi) is 2.52. The van der Waals surface area contributed by atoms with Crippen LogP contribution >= 0.6 is 0 Å². The van der Waals surface area contributed by atoms with Crippen LogP contribution in [0.4, 0.5) is 0 Å². The summed E-state index contributed by atoms with van der Waals surface area (Å²) in [6.45, 7) is 4.28. The summed E-state index contributed by atoms with van der Waals surface area (Å²) in [5.74, 6) is 0.643.